The van der Waals surface area contributed by atoms with Crippen LogP contribution in [0, 0.1) is 0 Å². The van der Waals surface area contributed by atoms with Crippen molar-refractivity contribution in [1.82, 2.24) is 4.90 Å². The summed E-state index contributed by atoms with van der Waals surface area (Å²) in [5.41, 5.74) is 4.88. The standard InChI is InChI=1S/C7H10N2O2/c8-6(10)7(11)9-4-2-1-3-5-9/h1-4,7,11H,5H2,(H2,8,10). The third-order valence-electron chi connectivity index (χ3n) is 1.41. The van der Waals surface area contributed by atoms with E-state index in [1.165, 1.54) is 4.90 Å². The van der Waals surface area contributed by atoms with E-state index in [2.05, 4.69) is 0 Å². The van der Waals surface area contributed by atoms with Crippen LogP contribution in [0.5, 0.6) is 0 Å². The van der Waals surface area contributed by atoms with Gasteiger partial charge in [-0.25, -0.2) is 0 Å². The van der Waals surface area contributed by atoms with Gasteiger partial charge in [-0.15, -0.1) is 0 Å². The fourth-order valence-electron chi connectivity index (χ4n) is 0.827. The molecule has 11 heavy (non-hydrogen) atoms. The zero-order chi connectivity index (χ0) is 8.27. The molecule has 0 aromatic carbocycles. The van der Waals surface area contributed by atoms with Gasteiger partial charge < -0.3 is 15.7 Å². The van der Waals surface area contributed by atoms with Crippen molar-refractivity contribution in [2.45, 2.75) is 6.23 Å². The third kappa shape index (κ3) is 1.81. The smallest absolute Gasteiger partial charge is 0.267 e. The lowest BCUT2D eigenvalue weighted by Gasteiger charge is -2.23. The Balaban J connectivity index is 2.55. The van der Waals surface area contributed by atoms with Crippen LogP contribution in [0.2, 0.25) is 0 Å². The van der Waals surface area contributed by atoms with E-state index in [1.807, 2.05) is 12.2 Å². The van der Waals surface area contributed by atoms with Gasteiger partial charge in [0.2, 0.25) is 6.23 Å². The highest BCUT2D eigenvalue weighted by Gasteiger charge is 2.16. The van der Waals surface area contributed by atoms with Gasteiger partial charge in [0.15, 0.2) is 0 Å². The van der Waals surface area contributed by atoms with E-state index < -0.39 is 12.1 Å². The molecule has 1 unspecified atom stereocenters. The van der Waals surface area contributed by atoms with Gasteiger partial charge >= 0.3 is 0 Å². The Morgan fingerprint density at radius 2 is 2.36 bits per heavy atom. The lowest BCUT2D eigenvalue weighted by molar-refractivity contribution is -0.133. The number of carbonyl (C=O) groups excluding carboxylic acids is 1. The predicted molar refractivity (Wildman–Crippen MR) is 40.2 cm³/mol. The van der Waals surface area contributed by atoms with Crippen LogP contribution in [-0.4, -0.2) is 28.7 Å². The highest BCUT2D eigenvalue weighted by atomic mass is 16.3. The molecular formula is C7H10N2O2. The molecule has 0 aromatic rings. The monoisotopic (exact) mass is 154 g/mol. The van der Waals surface area contributed by atoms with Gasteiger partial charge in [-0.05, 0) is 6.08 Å². The van der Waals surface area contributed by atoms with E-state index in [1.54, 1.807) is 12.3 Å². The molecule has 1 amide bonds. The van der Waals surface area contributed by atoms with Crippen LogP contribution in [0.15, 0.2) is 24.4 Å². The zero-order valence-corrected chi connectivity index (χ0v) is 5.97. The molecule has 4 nitrogen and oxygen atoms in total. The van der Waals surface area contributed by atoms with Gasteiger partial charge in [0.1, 0.15) is 0 Å². The first kappa shape index (κ1) is 7.81. The van der Waals surface area contributed by atoms with Crippen LogP contribution in [0.4, 0.5) is 0 Å². The van der Waals surface area contributed by atoms with Gasteiger partial charge in [-0.2, -0.15) is 0 Å². The Morgan fingerprint density at radius 1 is 1.64 bits per heavy atom. The van der Waals surface area contributed by atoms with Gasteiger partial charge in [0, 0.05) is 12.7 Å². The summed E-state index contributed by atoms with van der Waals surface area (Å²) in [7, 11) is 0. The van der Waals surface area contributed by atoms with Crippen LogP contribution >= 0.6 is 0 Å². The molecule has 0 aliphatic carbocycles. The molecule has 1 rings (SSSR count). The van der Waals surface area contributed by atoms with Crippen LogP contribution in [0.25, 0.3) is 0 Å². The first-order valence-electron chi connectivity index (χ1n) is 3.28. The molecule has 0 radical (unpaired) electrons. The van der Waals surface area contributed by atoms with E-state index in [4.69, 9.17) is 10.8 Å². The first-order chi connectivity index (χ1) is 5.22. The Bertz CT molecular complexity index is 210. The second-order valence-electron chi connectivity index (χ2n) is 2.24. The number of nitrogens with two attached hydrogens (primary N) is 1. The first-order valence-corrected chi connectivity index (χ1v) is 3.28. The minimum Gasteiger partial charge on any atom is -0.366 e. The molecule has 1 aliphatic heterocycles. The van der Waals surface area contributed by atoms with Crippen molar-refractivity contribution in [3.63, 3.8) is 0 Å². The number of hydrogen-bond donors (Lipinski definition) is 2. The highest BCUT2D eigenvalue weighted by molar-refractivity contribution is 5.78. The Morgan fingerprint density at radius 3 is 2.82 bits per heavy atom. The van der Waals surface area contributed by atoms with Gasteiger partial charge in [-0.3, -0.25) is 4.79 Å². The fraction of sp³-hybridized carbons (Fsp3) is 0.286. The Labute approximate surface area is 64.6 Å². The third-order valence-corrected chi connectivity index (χ3v) is 1.41. The topological polar surface area (TPSA) is 66.6 Å². The number of aliphatic hydroxyl groups excluding tert-OH is 1. The molecular weight excluding hydrogens is 144 g/mol. The summed E-state index contributed by atoms with van der Waals surface area (Å²) in [6, 6.07) is 0. The summed E-state index contributed by atoms with van der Waals surface area (Å²) in [5, 5.41) is 9.12. The number of carbonyl (C=O) groups is 1. The van der Waals surface area contributed by atoms with E-state index in [-0.39, 0.29) is 0 Å². The minimum atomic E-state index is -1.21. The summed E-state index contributed by atoms with van der Waals surface area (Å²) >= 11 is 0. The average molecular weight is 154 g/mol. The molecule has 0 fully saturated rings. The van der Waals surface area contributed by atoms with Crippen LogP contribution in [-0.2, 0) is 4.79 Å². The predicted octanol–water partition coefficient (Wildman–Crippen LogP) is -0.824. The second kappa shape index (κ2) is 3.21. The highest BCUT2D eigenvalue weighted by Crippen LogP contribution is 2.01. The van der Waals surface area contributed by atoms with Crippen molar-refractivity contribution in [2.75, 3.05) is 6.54 Å². The lowest BCUT2D eigenvalue weighted by atomic mass is 10.3. The molecule has 0 saturated carbocycles. The normalized spacial score (nSPS) is 18.5. The molecule has 0 bridgehead atoms. The van der Waals surface area contributed by atoms with Crippen molar-refractivity contribution in [1.29, 1.82) is 0 Å². The fourth-order valence-corrected chi connectivity index (χ4v) is 0.827. The molecule has 0 spiro atoms. The van der Waals surface area contributed by atoms with E-state index in [0.717, 1.165) is 0 Å². The number of rotatable bonds is 2. The molecule has 3 N–H and O–H groups in total. The summed E-state index contributed by atoms with van der Waals surface area (Å²) in [6.07, 6.45) is 5.80. The van der Waals surface area contributed by atoms with Crippen LogP contribution < -0.4 is 5.73 Å². The number of nitrogens with zero attached hydrogens (tertiary/aromatic N) is 1. The number of allylic oxidation sites excluding steroid dienone is 2. The van der Waals surface area contributed by atoms with E-state index in [9.17, 15) is 4.79 Å². The van der Waals surface area contributed by atoms with E-state index >= 15 is 0 Å². The minimum absolute atomic E-state index is 0.514. The van der Waals surface area contributed by atoms with E-state index in [0.29, 0.717) is 6.54 Å². The number of hydrogen-bond acceptors (Lipinski definition) is 3. The molecule has 60 valence electrons. The number of aliphatic hydroxyl groups is 1. The van der Waals surface area contributed by atoms with Gasteiger partial charge in [0.25, 0.3) is 5.91 Å². The summed E-state index contributed by atoms with van der Waals surface area (Å²) < 4.78 is 0. The Kier molecular flexibility index (Phi) is 2.28. The SMILES string of the molecule is NC(=O)C(O)N1C=CC=CC1. The van der Waals surface area contributed by atoms with Crippen molar-refractivity contribution < 1.29 is 9.90 Å². The number of amides is 1. The van der Waals surface area contributed by atoms with Crippen molar-refractivity contribution >= 4 is 5.91 Å². The average Bonchev–Trinajstić information content (AvgIpc) is 2.05. The largest absolute Gasteiger partial charge is 0.366 e. The number of primary amides is 1. The molecule has 0 aromatic heterocycles. The molecule has 1 atom stereocenters. The van der Waals surface area contributed by atoms with Crippen molar-refractivity contribution in [2.24, 2.45) is 5.73 Å². The Hall–Kier alpha value is -1.29. The van der Waals surface area contributed by atoms with Crippen molar-refractivity contribution in [3.8, 4) is 0 Å². The summed E-state index contributed by atoms with van der Waals surface area (Å²) in [5.74, 6) is -0.732. The maximum absolute atomic E-state index is 10.5. The molecule has 1 aliphatic rings. The molecule has 0 saturated heterocycles. The zero-order valence-electron chi connectivity index (χ0n) is 5.97. The summed E-state index contributed by atoms with van der Waals surface area (Å²) in [4.78, 5) is 11.9. The summed E-state index contributed by atoms with van der Waals surface area (Å²) in [6.45, 7) is 0.514. The molecule has 4 heteroatoms. The maximum atomic E-state index is 10.5. The van der Waals surface area contributed by atoms with Crippen molar-refractivity contribution in [3.05, 3.63) is 24.4 Å². The van der Waals surface area contributed by atoms with Crippen LogP contribution in [0.1, 0.15) is 0 Å². The maximum Gasteiger partial charge on any atom is 0.267 e. The van der Waals surface area contributed by atoms with Crippen LogP contribution in [0.3, 0.4) is 0 Å². The second-order valence-corrected chi connectivity index (χ2v) is 2.24. The quantitative estimate of drug-likeness (QED) is 0.546. The van der Waals surface area contributed by atoms with Gasteiger partial charge in [-0.1, -0.05) is 12.2 Å². The lowest BCUT2D eigenvalue weighted by Crippen LogP contribution is -2.42. The molecule has 1 heterocycles. The van der Waals surface area contributed by atoms with Gasteiger partial charge in [0.05, 0.1) is 0 Å².